The molecule has 156 valence electrons. The van der Waals surface area contributed by atoms with Gasteiger partial charge in [-0.05, 0) is 35.7 Å². The maximum atomic E-state index is 13.3. The van der Waals surface area contributed by atoms with E-state index in [1.165, 1.54) is 6.07 Å². The van der Waals surface area contributed by atoms with Crippen LogP contribution in [0, 0.1) is 11.6 Å². The molecule has 0 aliphatic carbocycles. The summed E-state index contributed by atoms with van der Waals surface area (Å²) in [6.45, 7) is 1.96. The van der Waals surface area contributed by atoms with Crippen LogP contribution in [0.4, 0.5) is 8.78 Å². The zero-order chi connectivity index (χ0) is 21.1. The van der Waals surface area contributed by atoms with Crippen LogP contribution < -0.4 is 0 Å². The summed E-state index contributed by atoms with van der Waals surface area (Å²) in [7, 11) is 0. The number of fused-ring (bicyclic) bond motifs is 1. The molecular formula is C23H23F2N3O2. The van der Waals surface area contributed by atoms with Crippen molar-refractivity contribution in [3.8, 4) is 0 Å². The van der Waals surface area contributed by atoms with Crippen molar-refractivity contribution in [2.45, 2.75) is 19.3 Å². The normalized spacial score (nSPS) is 14.3. The van der Waals surface area contributed by atoms with Gasteiger partial charge in [0.15, 0.2) is 11.6 Å². The van der Waals surface area contributed by atoms with Crippen molar-refractivity contribution in [1.29, 1.82) is 0 Å². The number of para-hydroxylation sites is 1. The van der Waals surface area contributed by atoms with Crippen molar-refractivity contribution in [2.75, 3.05) is 26.2 Å². The van der Waals surface area contributed by atoms with Gasteiger partial charge >= 0.3 is 0 Å². The Balaban J connectivity index is 1.27. The predicted molar refractivity (Wildman–Crippen MR) is 110 cm³/mol. The summed E-state index contributed by atoms with van der Waals surface area (Å²) in [5.41, 5.74) is 2.58. The minimum atomic E-state index is -0.901. The van der Waals surface area contributed by atoms with Gasteiger partial charge in [0.2, 0.25) is 11.8 Å². The number of halogens is 2. The Morgan fingerprint density at radius 1 is 0.900 bits per heavy atom. The van der Waals surface area contributed by atoms with E-state index in [4.69, 9.17) is 0 Å². The molecule has 0 radical (unpaired) electrons. The zero-order valence-corrected chi connectivity index (χ0v) is 16.5. The molecule has 0 bridgehead atoms. The molecule has 1 aliphatic heterocycles. The first kappa shape index (κ1) is 20.1. The van der Waals surface area contributed by atoms with Gasteiger partial charge in [-0.25, -0.2) is 8.78 Å². The first-order chi connectivity index (χ1) is 14.5. The molecule has 5 nitrogen and oxygen atoms in total. The Kier molecular flexibility index (Phi) is 5.79. The number of piperazine rings is 1. The second-order valence-electron chi connectivity index (χ2n) is 7.55. The molecule has 2 amide bonds. The van der Waals surface area contributed by atoms with Crippen LogP contribution in [0.2, 0.25) is 0 Å². The lowest BCUT2D eigenvalue weighted by Crippen LogP contribution is -2.51. The number of carbonyl (C=O) groups is 2. The molecular weight excluding hydrogens is 388 g/mol. The second-order valence-corrected chi connectivity index (χ2v) is 7.55. The van der Waals surface area contributed by atoms with Crippen molar-refractivity contribution in [1.82, 2.24) is 14.8 Å². The molecule has 0 saturated carbocycles. The molecule has 1 saturated heterocycles. The van der Waals surface area contributed by atoms with Crippen LogP contribution >= 0.6 is 0 Å². The van der Waals surface area contributed by atoms with Gasteiger partial charge < -0.3 is 14.8 Å². The summed E-state index contributed by atoms with van der Waals surface area (Å²) < 4.78 is 26.3. The summed E-state index contributed by atoms with van der Waals surface area (Å²) in [5.74, 6) is -1.78. The molecule has 1 aromatic heterocycles. The van der Waals surface area contributed by atoms with Gasteiger partial charge in [-0.15, -0.1) is 0 Å². The van der Waals surface area contributed by atoms with Gasteiger partial charge in [0.1, 0.15) is 0 Å². The number of benzene rings is 2. The SMILES string of the molecule is O=C(CCc1ccc(F)c(F)c1)N1CCN(C(=O)Cc2c[nH]c3ccccc23)CC1. The van der Waals surface area contributed by atoms with Crippen LogP contribution in [0.15, 0.2) is 48.7 Å². The Hall–Kier alpha value is -3.22. The predicted octanol–water partition coefficient (Wildman–Crippen LogP) is 3.29. The third-order valence-corrected chi connectivity index (χ3v) is 5.61. The maximum Gasteiger partial charge on any atom is 0.227 e. The molecule has 2 aromatic carbocycles. The van der Waals surface area contributed by atoms with Crippen LogP contribution in [0.5, 0.6) is 0 Å². The summed E-state index contributed by atoms with van der Waals surface area (Å²) >= 11 is 0. The van der Waals surface area contributed by atoms with Crippen LogP contribution in [0.3, 0.4) is 0 Å². The molecule has 0 atom stereocenters. The average molecular weight is 411 g/mol. The van der Waals surface area contributed by atoms with Gasteiger partial charge in [-0.2, -0.15) is 0 Å². The van der Waals surface area contributed by atoms with E-state index in [1.807, 2.05) is 30.5 Å². The van der Waals surface area contributed by atoms with Crippen LogP contribution in [0.1, 0.15) is 17.5 Å². The number of hydrogen-bond donors (Lipinski definition) is 1. The standard InChI is InChI=1S/C23H23F2N3O2/c24-19-7-5-16(13-20(19)25)6-8-22(29)27-9-11-28(12-10-27)23(30)14-17-15-26-21-4-2-1-3-18(17)21/h1-5,7,13,15,26H,6,8-12,14H2. The molecule has 1 aliphatic rings. The fourth-order valence-corrected chi connectivity index (χ4v) is 3.86. The van der Waals surface area contributed by atoms with Crippen molar-refractivity contribution >= 4 is 22.7 Å². The number of hydrogen-bond acceptors (Lipinski definition) is 2. The molecule has 3 aromatic rings. The van der Waals surface area contributed by atoms with E-state index >= 15 is 0 Å². The van der Waals surface area contributed by atoms with Gasteiger partial charge in [0.25, 0.3) is 0 Å². The quantitative estimate of drug-likeness (QED) is 0.701. The first-order valence-electron chi connectivity index (χ1n) is 10.1. The number of nitrogens with one attached hydrogen (secondary N) is 1. The minimum Gasteiger partial charge on any atom is -0.361 e. The highest BCUT2D eigenvalue weighted by Crippen LogP contribution is 2.19. The van der Waals surface area contributed by atoms with Gasteiger partial charge in [-0.3, -0.25) is 9.59 Å². The van der Waals surface area contributed by atoms with Crippen LogP contribution in [-0.4, -0.2) is 52.8 Å². The average Bonchev–Trinajstić information content (AvgIpc) is 3.17. The third-order valence-electron chi connectivity index (χ3n) is 5.61. The number of aryl methyl sites for hydroxylation is 1. The number of amides is 2. The fraction of sp³-hybridized carbons (Fsp3) is 0.304. The number of rotatable bonds is 5. The Morgan fingerprint density at radius 2 is 1.60 bits per heavy atom. The van der Waals surface area contributed by atoms with E-state index in [0.717, 1.165) is 28.6 Å². The zero-order valence-electron chi connectivity index (χ0n) is 16.5. The van der Waals surface area contributed by atoms with Crippen molar-refractivity contribution in [2.24, 2.45) is 0 Å². The summed E-state index contributed by atoms with van der Waals surface area (Å²) in [6.07, 6.45) is 2.79. The largest absolute Gasteiger partial charge is 0.361 e. The number of nitrogens with zero attached hydrogens (tertiary/aromatic N) is 2. The second kappa shape index (κ2) is 8.65. The maximum absolute atomic E-state index is 13.3. The smallest absolute Gasteiger partial charge is 0.227 e. The lowest BCUT2D eigenvalue weighted by Gasteiger charge is -2.35. The number of carbonyl (C=O) groups excluding carboxylic acids is 2. The molecule has 0 unspecified atom stereocenters. The van der Waals surface area contributed by atoms with Crippen molar-refractivity contribution in [3.05, 3.63) is 71.4 Å². The molecule has 7 heteroatoms. The van der Waals surface area contributed by atoms with Gasteiger partial charge in [0.05, 0.1) is 6.42 Å². The molecule has 0 spiro atoms. The monoisotopic (exact) mass is 411 g/mol. The Labute approximate surface area is 173 Å². The summed E-state index contributed by atoms with van der Waals surface area (Å²) in [5, 5.41) is 1.05. The molecule has 1 fully saturated rings. The molecule has 1 N–H and O–H groups in total. The van der Waals surface area contributed by atoms with Crippen molar-refractivity contribution < 1.29 is 18.4 Å². The van der Waals surface area contributed by atoms with E-state index in [1.54, 1.807) is 9.80 Å². The van der Waals surface area contributed by atoms with Gasteiger partial charge in [0, 0.05) is 49.7 Å². The summed E-state index contributed by atoms with van der Waals surface area (Å²) in [4.78, 5) is 31.9. The van der Waals surface area contributed by atoms with E-state index < -0.39 is 11.6 Å². The van der Waals surface area contributed by atoms with E-state index in [-0.39, 0.29) is 18.2 Å². The lowest BCUT2D eigenvalue weighted by molar-refractivity contribution is -0.139. The number of aromatic amines is 1. The Morgan fingerprint density at radius 3 is 2.33 bits per heavy atom. The highest BCUT2D eigenvalue weighted by Gasteiger charge is 2.24. The van der Waals surface area contributed by atoms with Crippen molar-refractivity contribution in [3.63, 3.8) is 0 Å². The van der Waals surface area contributed by atoms with Gasteiger partial charge in [-0.1, -0.05) is 24.3 Å². The number of H-pyrrole nitrogens is 1. The van der Waals surface area contributed by atoms with E-state index in [2.05, 4.69) is 4.98 Å². The van der Waals surface area contributed by atoms with E-state index in [0.29, 0.717) is 44.6 Å². The van der Waals surface area contributed by atoms with Crippen LogP contribution in [0.25, 0.3) is 10.9 Å². The fourth-order valence-electron chi connectivity index (χ4n) is 3.86. The third kappa shape index (κ3) is 4.35. The lowest BCUT2D eigenvalue weighted by atomic mass is 10.1. The minimum absolute atomic E-state index is 0.0385. The number of aromatic nitrogens is 1. The topological polar surface area (TPSA) is 56.4 Å². The first-order valence-corrected chi connectivity index (χ1v) is 10.1. The molecule has 30 heavy (non-hydrogen) atoms. The highest BCUT2D eigenvalue weighted by molar-refractivity contribution is 5.89. The highest BCUT2D eigenvalue weighted by atomic mass is 19.2. The Bertz CT molecular complexity index is 1070. The van der Waals surface area contributed by atoms with E-state index in [9.17, 15) is 18.4 Å². The molecule has 2 heterocycles. The summed E-state index contributed by atoms with van der Waals surface area (Å²) in [6, 6.07) is 11.6. The molecule has 4 rings (SSSR count). The van der Waals surface area contributed by atoms with Crippen LogP contribution in [-0.2, 0) is 22.4 Å².